The molecule has 0 aromatic rings. The van der Waals surface area contributed by atoms with E-state index in [2.05, 4.69) is 17.6 Å². The van der Waals surface area contributed by atoms with E-state index in [4.69, 9.17) is 5.11 Å². The van der Waals surface area contributed by atoms with Gasteiger partial charge >= 0.3 is 5.97 Å². The van der Waals surface area contributed by atoms with Gasteiger partial charge in [0.05, 0.1) is 6.42 Å². The second-order valence-electron chi connectivity index (χ2n) is 3.15. The molecule has 2 unspecified atom stereocenters. The minimum absolute atomic E-state index is 0.163. The van der Waals surface area contributed by atoms with Crippen molar-refractivity contribution in [3.63, 3.8) is 0 Å². The smallest absolute Gasteiger partial charge is 0.307 e. The number of hydrogen-bond donors (Lipinski definition) is 1. The summed E-state index contributed by atoms with van der Waals surface area (Å²) in [4.78, 5) is 10.6. The van der Waals surface area contributed by atoms with Crippen molar-refractivity contribution >= 4 is 17.7 Å². The summed E-state index contributed by atoms with van der Waals surface area (Å²) in [5.74, 6) is -0.434. The molecule has 1 heterocycles. The fourth-order valence-electron chi connectivity index (χ4n) is 1.67. The van der Waals surface area contributed by atoms with Crippen LogP contribution in [-0.4, -0.2) is 16.3 Å². The molecule has 2 aliphatic rings. The molecule has 0 aromatic carbocycles. The molecule has 0 saturated heterocycles. The zero-order valence-electron chi connectivity index (χ0n) is 7.01. The molecule has 13 heavy (non-hydrogen) atoms. The number of carbonyl (C=O) groups is 1. The summed E-state index contributed by atoms with van der Waals surface area (Å²) in [6.45, 7) is 0. The Morgan fingerprint density at radius 3 is 3.15 bits per heavy atom. The van der Waals surface area contributed by atoms with Gasteiger partial charge in [-0.2, -0.15) is 0 Å². The van der Waals surface area contributed by atoms with Gasteiger partial charge in [-0.15, -0.1) is 11.8 Å². The lowest BCUT2D eigenvalue weighted by Crippen LogP contribution is -2.16. The molecule has 0 spiro atoms. The quantitative estimate of drug-likeness (QED) is 0.732. The molecule has 1 aliphatic heterocycles. The van der Waals surface area contributed by atoms with Crippen LogP contribution in [0.5, 0.6) is 0 Å². The molecule has 1 aliphatic carbocycles. The van der Waals surface area contributed by atoms with Crippen LogP contribution in [0, 0.1) is 5.92 Å². The third kappa shape index (κ3) is 1.70. The monoisotopic (exact) mass is 194 g/mol. The van der Waals surface area contributed by atoms with E-state index in [1.165, 1.54) is 0 Å². The molecular formula is C10H10O2S. The van der Waals surface area contributed by atoms with Crippen LogP contribution in [0.4, 0.5) is 0 Å². The summed E-state index contributed by atoms with van der Waals surface area (Å²) in [6, 6.07) is 0. The summed E-state index contributed by atoms with van der Waals surface area (Å²) >= 11 is 1.76. The Morgan fingerprint density at radius 2 is 2.38 bits per heavy atom. The maximum Gasteiger partial charge on any atom is 0.307 e. The van der Waals surface area contributed by atoms with E-state index in [9.17, 15) is 4.79 Å². The number of carboxylic acid groups (broad SMARTS) is 1. The van der Waals surface area contributed by atoms with Crippen LogP contribution in [0.25, 0.3) is 0 Å². The first-order valence-electron chi connectivity index (χ1n) is 4.18. The van der Waals surface area contributed by atoms with Crippen molar-refractivity contribution in [3.05, 3.63) is 35.3 Å². The van der Waals surface area contributed by atoms with E-state index in [-0.39, 0.29) is 6.42 Å². The zero-order valence-corrected chi connectivity index (χ0v) is 7.83. The Labute approximate surface area is 81.0 Å². The molecule has 2 rings (SSSR count). The molecule has 68 valence electrons. The topological polar surface area (TPSA) is 37.3 Å². The Kier molecular flexibility index (Phi) is 2.27. The molecule has 2 atom stereocenters. The number of hydrogen-bond acceptors (Lipinski definition) is 2. The van der Waals surface area contributed by atoms with E-state index < -0.39 is 5.97 Å². The van der Waals surface area contributed by atoms with Crippen molar-refractivity contribution in [2.75, 3.05) is 0 Å². The summed E-state index contributed by atoms with van der Waals surface area (Å²) in [6.07, 6.45) is 8.26. The summed E-state index contributed by atoms with van der Waals surface area (Å²) in [7, 11) is 0. The average molecular weight is 194 g/mol. The first-order chi connectivity index (χ1) is 6.27. The minimum Gasteiger partial charge on any atom is -0.481 e. The van der Waals surface area contributed by atoms with Crippen molar-refractivity contribution in [2.24, 2.45) is 5.92 Å². The fourth-order valence-corrected chi connectivity index (χ4v) is 2.72. The maximum atomic E-state index is 10.6. The Hall–Kier alpha value is -0.960. The van der Waals surface area contributed by atoms with E-state index >= 15 is 0 Å². The van der Waals surface area contributed by atoms with Gasteiger partial charge in [0.2, 0.25) is 0 Å². The van der Waals surface area contributed by atoms with E-state index in [0.29, 0.717) is 11.2 Å². The van der Waals surface area contributed by atoms with Crippen LogP contribution >= 0.6 is 11.8 Å². The molecule has 2 nitrogen and oxygen atoms in total. The maximum absolute atomic E-state index is 10.6. The van der Waals surface area contributed by atoms with Gasteiger partial charge < -0.3 is 5.11 Å². The number of allylic oxidation sites excluding steroid dienone is 3. The molecule has 1 N–H and O–H groups in total. The lowest BCUT2D eigenvalue weighted by Gasteiger charge is -2.20. The van der Waals surface area contributed by atoms with Gasteiger partial charge in [0.25, 0.3) is 0 Å². The highest BCUT2D eigenvalue weighted by Crippen LogP contribution is 2.38. The van der Waals surface area contributed by atoms with E-state index in [1.54, 1.807) is 11.8 Å². The number of carboxylic acids is 1. The number of thioether (sulfide) groups is 1. The number of aliphatic carboxylic acids is 1. The molecule has 0 amide bonds. The van der Waals surface area contributed by atoms with E-state index in [1.807, 2.05) is 12.2 Å². The summed E-state index contributed by atoms with van der Waals surface area (Å²) in [5.41, 5.74) is 1.02. The van der Waals surface area contributed by atoms with Crippen LogP contribution in [-0.2, 0) is 4.79 Å². The van der Waals surface area contributed by atoms with Gasteiger partial charge in [0.1, 0.15) is 0 Å². The highest BCUT2D eigenvalue weighted by atomic mass is 32.2. The second kappa shape index (κ2) is 3.42. The minimum atomic E-state index is -0.745. The third-order valence-corrected chi connectivity index (χ3v) is 3.35. The van der Waals surface area contributed by atoms with Crippen molar-refractivity contribution in [3.8, 4) is 0 Å². The first kappa shape index (κ1) is 8.63. The van der Waals surface area contributed by atoms with Gasteiger partial charge in [-0.3, -0.25) is 4.79 Å². The molecule has 0 aromatic heterocycles. The van der Waals surface area contributed by atoms with Gasteiger partial charge in [-0.1, -0.05) is 29.9 Å². The van der Waals surface area contributed by atoms with Gasteiger partial charge in [-0.25, -0.2) is 0 Å². The average Bonchev–Trinajstić information content (AvgIpc) is 2.51. The normalized spacial score (nSPS) is 30.0. The van der Waals surface area contributed by atoms with E-state index in [0.717, 1.165) is 5.57 Å². The lowest BCUT2D eigenvalue weighted by atomic mass is 9.89. The molecule has 0 radical (unpaired) electrons. The molecule has 0 fully saturated rings. The summed E-state index contributed by atoms with van der Waals surface area (Å²) in [5, 5.41) is 11.2. The van der Waals surface area contributed by atoms with Gasteiger partial charge in [0, 0.05) is 11.2 Å². The molecule has 0 bridgehead atoms. The fraction of sp³-hybridized carbons (Fsp3) is 0.300. The highest BCUT2D eigenvalue weighted by Gasteiger charge is 2.27. The molecule has 3 heteroatoms. The summed E-state index contributed by atoms with van der Waals surface area (Å²) < 4.78 is 0. The van der Waals surface area contributed by atoms with Crippen LogP contribution in [0.2, 0.25) is 0 Å². The predicted octanol–water partition coefficient (Wildman–Crippen LogP) is 2.20. The number of fused-ring (bicyclic) bond motifs is 1. The molecule has 0 saturated carbocycles. The Bertz CT molecular complexity index is 315. The Balaban J connectivity index is 2.17. The third-order valence-electron chi connectivity index (χ3n) is 2.27. The SMILES string of the molecule is O=C(O)CC1=CC=CC2SC=CC12. The largest absolute Gasteiger partial charge is 0.481 e. The van der Waals surface area contributed by atoms with Crippen LogP contribution < -0.4 is 0 Å². The van der Waals surface area contributed by atoms with Crippen molar-refractivity contribution in [1.82, 2.24) is 0 Å². The first-order valence-corrected chi connectivity index (χ1v) is 5.13. The standard InChI is InChI=1S/C10H10O2S/c11-10(12)6-7-2-1-3-9-8(7)4-5-13-9/h1-5,8-9H,6H2,(H,11,12). The van der Waals surface area contributed by atoms with Crippen molar-refractivity contribution < 1.29 is 9.90 Å². The van der Waals surface area contributed by atoms with Crippen molar-refractivity contribution in [2.45, 2.75) is 11.7 Å². The zero-order chi connectivity index (χ0) is 9.26. The predicted molar refractivity (Wildman–Crippen MR) is 53.5 cm³/mol. The highest BCUT2D eigenvalue weighted by molar-refractivity contribution is 8.03. The van der Waals surface area contributed by atoms with Gasteiger partial charge in [0.15, 0.2) is 0 Å². The van der Waals surface area contributed by atoms with Gasteiger partial charge in [-0.05, 0) is 5.41 Å². The van der Waals surface area contributed by atoms with Crippen LogP contribution in [0.15, 0.2) is 35.3 Å². The second-order valence-corrected chi connectivity index (χ2v) is 4.24. The Morgan fingerprint density at radius 1 is 1.54 bits per heavy atom. The number of rotatable bonds is 2. The van der Waals surface area contributed by atoms with Crippen molar-refractivity contribution in [1.29, 1.82) is 0 Å². The van der Waals surface area contributed by atoms with Crippen LogP contribution in [0.1, 0.15) is 6.42 Å². The lowest BCUT2D eigenvalue weighted by molar-refractivity contribution is -0.136. The van der Waals surface area contributed by atoms with Crippen LogP contribution in [0.3, 0.4) is 0 Å². The molecular weight excluding hydrogens is 184 g/mol.